The molecule has 1 aliphatic rings. The summed E-state index contributed by atoms with van der Waals surface area (Å²) in [5, 5.41) is 0.208. The number of nitrogens with zero attached hydrogens (tertiary/aromatic N) is 1. The summed E-state index contributed by atoms with van der Waals surface area (Å²) in [5.41, 5.74) is 1.02. The van der Waals surface area contributed by atoms with Crippen LogP contribution in [0.3, 0.4) is 0 Å². The van der Waals surface area contributed by atoms with Crippen molar-refractivity contribution in [2.24, 2.45) is 5.92 Å². The number of hydrogen-bond acceptors (Lipinski definition) is 3. The van der Waals surface area contributed by atoms with Crippen LogP contribution in [0.25, 0.3) is 0 Å². The topological polar surface area (TPSA) is 38.8 Å². The van der Waals surface area contributed by atoms with Crippen LogP contribution in [-0.4, -0.2) is 42.9 Å². The lowest BCUT2D eigenvalue weighted by Gasteiger charge is -2.40. The van der Waals surface area contributed by atoms with Gasteiger partial charge in [0.2, 0.25) is 0 Å². The van der Waals surface area contributed by atoms with E-state index in [9.17, 15) is 4.79 Å². The largest absolute Gasteiger partial charge is 0.445 e. The van der Waals surface area contributed by atoms with Crippen LogP contribution in [0.1, 0.15) is 32.8 Å². The van der Waals surface area contributed by atoms with E-state index < -0.39 is 8.32 Å². The maximum Gasteiger partial charge on any atom is 0.410 e. The highest BCUT2D eigenvalue weighted by Gasteiger charge is 2.38. The van der Waals surface area contributed by atoms with Gasteiger partial charge in [-0.25, -0.2) is 4.79 Å². The van der Waals surface area contributed by atoms with Crippen LogP contribution in [0.15, 0.2) is 30.3 Å². The van der Waals surface area contributed by atoms with Crippen LogP contribution >= 0.6 is 22.6 Å². The molecule has 146 valence electrons. The summed E-state index contributed by atoms with van der Waals surface area (Å²) < 4.78 is 12.4. The number of amides is 1. The number of piperidine rings is 1. The van der Waals surface area contributed by atoms with Gasteiger partial charge in [0.25, 0.3) is 0 Å². The van der Waals surface area contributed by atoms with Crippen molar-refractivity contribution < 1.29 is 14.0 Å². The van der Waals surface area contributed by atoms with Crippen molar-refractivity contribution in [3.8, 4) is 0 Å². The zero-order valence-electron chi connectivity index (χ0n) is 16.6. The van der Waals surface area contributed by atoms with E-state index in [-0.39, 0.29) is 11.1 Å². The molecule has 26 heavy (non-hydrogen) atoms. The molecule has 2 rings (SSSR count). The highest BCUT2D eigenvalue weighted by Crippen LogP contribution is 2.37. The van der Waals surface area contributed by atoms with Gasteiger partial charge in [-0.3, -0.25) is 0 Å². The van der Waals surface area contributed by atoms with Crippen molar-refractivity contribution in [3.05, 3.63) is 35.9 Å². The normalized spacial score (nSPS) is 21.5. The minimum atomic E-state index is -1.76. The van der Waals surface area contributed by atoms with Gasteiger partial charge in [-0.05, 0) is 36.0 Å². The molecule has 1 fully saturated rings. The molecule has 1 aromatic rings. The summed E-state index contributed by atoms with van der Waals surface area (Å²) >= 11 is 2.44. The zero-order chi connectivity index (χ0) is 19.4. The first kappa shape index (κ1) is 21.7. The molecular formula is C20H32INO3Si. The van der Waals surface area contributed by atoms with E-state index in [1.54, 1.807) is 0 Å². The molecular weight excluding hydrogens is 457 g/mol. The predicted octanol–water partition coefficient (Wildman–Crippen LogP) is 5.47. The van der Waals surface area contributed by atoms with Crippen LogP contribution in [0.2, 0.25) is 18.1 Å². The highest BCUT2D eigenvalue weighted by atomic mass is 127. The van der Waals surface area contributed by atoms with E-state index in [0.717, 1.165) is 31.7 Å². The van der Waals surface area contributed by atoms with Gasteiger partial charge in [0.15, 0.2) is 8.32 Å². The molecule has 0 radical (unpaired) electrons. The maximum atomic E-state index is 12.5. The van der Waals surface area contributed by atoms with E-state index in [1.807, 2.05) is 35.2 Å². The van der Waals surface area contributed by atoms with Gasteiger partial charge >= 0.3 is 6.09 Å². The van der Waals surface area contributed by atoms with E-state index in [4.69, 9.17) is 9.16 Å². The predicted molar refractivity (Wildman–Crippen MR) is 117 cm³/mol. The molecule has 1 amide bonds. The van der Waals surface area contributed by atoms with E-state index in [2.05, 4.69) is 56.5 Å². The summed E-state index contributed by atoms with van der Waals surface area (Å²) in [6.07, 6.45) is 0.880. The third kappa shape index (κ3) is 6.23. The Morgan fingerprint density at radius 3 is 2.50 bits per heavy atom. The first-order valence-corrected chi connectivity index (χ1v) is 13.5. The average Bonchev–Trinajstić information content (AvgIpc) is 2.57. The Hall–Kier alpha value is -0.603. The number of halogens is 1. The lowest BCUT2D eigenvalue weighted by atomic mass is 9.99. The summed E-state index contributed by atoms with van der Waals surface area (Å²) in [5.74, 6) is 0.379. The second-order valence-corrected chi connectivity index (χ2v) is 15.3. The second-order valence-electron chi connectivity index (χ2n) is 8.72. The molecule has 1 aromatic carbocycles. The summed E-state index contributed by atoms with van der Waals surface area (Å²) in [6, 6.07) is 9.82. The van der Waals surface area contributed by atoms with Crippen molar-refractivity contribution in [1.82, 2.24) is 4.90 Å². The summed E-state index contributed by atoms with van der Waals surface area (Å²) in [7, 11) is -1.76. The molecule has 0 saturated carbocycles. The van der Waals surface area contributed by atoms with Gasteiger partial charge in [-0.2, -0.15) is 0 Å². The maximum absolute atomic E-state index is 12.5. The average molecular weight is 489 g/mol. The SMILES string of the molecule is CC(C)(C)[Si](C)(C)OCC1CC(I)CN(C(=O)OCc2ccccc2)C1. The molecule has 4 nitrogen and oxygen atoms in total. The number of alkyl halides is 1. The molecule has 1 heterocycles. The third-order valence-electron chi connectivity index (χ3n) is 5.44. The Labute approximate surface area is 172 Å². The number of likely N-dealkylation sites (tertiary alicyclic amines) is 1. The fourth-order valence-electron chi connectivity index (χ4n) is 2.76. The molecule has 0 bridgehead atoms. The fraction of sp³-hybridized carbons (Fsp3) is 0.650. The highest BCUT2D eigenvalue weighted by molar-refractivity contribution is 14.1. The molecule has 0 N–H and O–H groups in total. The molecule has 1 saturated heterocycles. The number of rotatable bonds is 5. The van der Waals surface area contributed by atoms with Crippen molar-refractivity contribution in [2.45, 2.75) is 55.9 Å². The van der Waals surface area contributed by atoms with Gasteiger partial charge in [0, 0.05) is 23.6 Å². The Morgan fingerprint density at radius 1 is 1.23 bits per heavy atom. The van der Waals surface area contributed by atoms with Gasteiger partial charge < -0.3 is 14.1 Å². The first-order valence-electron chi connectivity index (χ1n) is 9.32. The number of hydrogen-bond donors (Lipinski definition) is 0. The molecule has 2 unspecified atom stereocenters. The standard InChI is InChI=1S/C20H32INO3Si/c1-20(2,3)26(4,5)25-15-17-11-18(21)13-22(12-17)19(23)24-14-16-9-7-6-8-10-16/h6-10,17-18H,11-15H2,1-5H3. The number of carbonyl (C=O) groups excluding carboxylic acids is 1. The first-order chi connectivity index (χ1) is 12.1. The van der Waals surface area contributed by atoms with Gasteiger partial charge in [-0.15, -0.1) is 0 Å². The Balaban J connectivity index is 1.87. The van der Waals surface area contributed by atoms with E-state index >= 15 is 0 Å². The van der Waals surface area contributed by atoms with Crippen LogP contribution < -0.4 is 0 Å². The van der Waals surface area contributed by atoms with Crippen molar-refractivity contribution in [3.63, 3.8) is 0 Å². The quantitative estimate of drug-likeness (QED) is 0.313. The number of ether oxygens (including phenoxy) is 1. The smallest absolute Gasteiger partial charge is 0.410 e. The summed E-state index contributed by atoms with van der Waals surface area (Å²) in [6.45, 7) is 13.9. The Bertz CT molecular complexity index is 588. The molecule has 0 aliphatic carbocycles. The lowest BCUT2D eigenvalue weighted by molar-refractivity contribution is 0.0724. The monoisotopic (exact) mass is 489 g/mol. The molecule has 0 spiro atoms. The van der Waals surface area contributed by atoms with Crippen LogP contribution in [0, 0.1) is 5.92 Å². The molecule has 1 aliphatic heterocycles. The molecule has 6 heteroatoms. The van der Waals surface area contributed by atoms with Crippen LogP contribution in [0.5, 0.6) is 0 Å². The van der Waals surface area contributed by atoms with E-state index in [1.165, 1.54) is 0 Å². The number of benzene rings is 1. The zero-order valence-corrected chi connectivity index (χ0v) is 19.8. The lowest BCUT2D eigenvalue weighted by Crippen LogP contribution is -2.48. The van der Waals surface area contributed by atoms with Crippen LogP contribution in [-0.2, 0) is 15.8 Å². The molecule has 2 atom stereocenters. The number of carbonyl (C=O) groups is 1. The second kappa shape index (κ2) is 9.06. The Kier molecular flexibility index (Phi) is 7.56. The third-order valence-corrected chi connectivity index (χ3v) is 10.8. The van der Waals surface area contributed by atoms with Crippen molar-refractivity contribution >= 4 is 37.0 Å². The van der Waals surface area contributed by atoms with Gasteiger partial charge in [0.1, 0.15) is 6.61 Å². The minimum absolute atomic E-state index is 0.208. The van der Waals surface area contributed by atoms with Gasteiger partial charge in [-0.1, -0.05) is 73.7 Å². The molecule has 0 aromatic heterocycles. The van der Waals surface area contributed by atoms with Crippen molar-refractivity contribution in [2.75, 3.05) is 19.7 Å². The van der Waals surface area contributed by atoms with Crippen LogP contribution in [0.4, 0.5) is 4.79 Å². The Morgan fingerprint density at radius 2 is 1.88 bits per heavy atom. The fourth-order valence-corrected chi connectivity index (χ4v) is 5.04. The summed E-state index contributed by atoms with van der Waals surface area (Å²) in [4.78, 5) is 14.3. The van der Waals surface area contributed by atoms with Crippen molar-refractivity contribution in [1.29, 1.82) is 0 Å². The minimum Gasteiger partial charge on any atom is -0.445 e. The van der Waals surface area contributed by atoms with Gasteiger partial charge in [0.05, 0.1) is 0 Å². The van der Waals surface area contributed by atoms with E-state index in [0.29, 0.717) is 16.4 Å².